The summed E-state index contributed by atoms with van der Waals surface area (Å²) in [6.45, 7) is 0. The van der Waals surface area contributed by atoms with Gasteiger partial charge in [-0.05, 0) is 39.9 Å². The van der Waals surface area contributed by atoms with E-state index in [1.165, 1.54) is 22.3 Å². The molecule has 1 aromatic heterocycles. The maximum absolute atomic E-state index is 12.0. The number of aromatic nitrogens is 1. The summed E-state index contributed by atoms with van der Waals surface area (Å²) in [7, 11) is 0. The molecule has 4 heteroatoms. The molecule has 0 bridgehead atoms. The lowest BCUT2D eigenvalue weighted by Gasteiger charge is -2.18. The largest absolute Gasteiger partial charge is 0.480 e. The summed E-state index contributed by atoms with van der Waals surface area (Å²) in [5.41, 5.74) is 7.83. The van der Waals surface area contributed by atoms with Crippen LogP contribution < -0.4 is 5.32 Å². The van der Waals surface area contributed by atoms with Crippen LogP contribution in [0.4, 0.5) is 5.69 Å². The van der Waals surface area contributed by atoms with Gasteiger partial charge in [0.15, 0.2) is 0 Å². The van der Waals surface area contributed by atoms with Gasteiger partial charge < -0.3 is 15.4 Å². The minimum absolute atomic E-state index is 0.413. The van der Waals surface area contributed by atoms with E-state index in [1.807, 2.05) is 48.7 Å². The Morgan fingerprint density at radius 2 is 1.79 bits per heavy atom. The first-order valence-corrected chi connectivity index (χ1v) is 9.45. The summed E-state index contributed by atoms with van der Waals surface area (Å²) >= 11 is 0. The number of aromatic amines is 1. The van der Waals surface area contributed by atoms with Crippen molar-refractivity contribution in [2.24, 2.45) is 0 Å². The number of nitrogens with one attached hydrogen (secondary N) is 2. The molecule has 0 saturated heterocycles. The number of H-pyrrole nitrogens is 1. The van der Waals surface area contributed by atoms with Crippen molar-refractivity contribution in [3.05, 3.63) is 89.6 Å². The first kappa shape index (κ1) is 16.6. The summed E-state index contributed by atoms with van der Waals surface area (Å²) in [6, 6.07) is 21.7. The molecule has 138 valence electrons. The van der Waals surface area contributed by atoms with Crippen LogP contribution in [0, 0.1) is 0 Å². The maximum atomic E-state index is 12.0. The first-order chi connectivity index (χ1) is 13.7. The molecule has 0 saturated carbocycles. The van der Waals surface area contributed by atoms with Gasteiger partial charge in [-0.15, -0.1) is 0 Å². The quantitative estimate of drug-likeness (QED) is 0.416. The normalized spacial score (nSPS) is 13.1. The van der Waals surface area contributed by atoms with Crippen LogP contribution in [0.15, 0.2) is 72.9 Å². The van der Waals surface area contributed by atoms with Crippen molar-refractivity contribution in [3.63, 3.8) is 0 Å². The number of anilines is 1. The van der Waals surface area contributed by atoms with Crippen LogP contribution in [-0.2, 0) is 17.6 Å². The molecule has 0 spiro atoms. The topological polar surface area (TPSA) is 65.1 Å². The van der Waals surface area contributed by atoms with E-state index < -0.39 is 12.0 Å². The van der Waals surface area contributed by atoms with Crippen LogP contribution in [-0.4, -0.2) is 22.1 Å². The van der Waals surface area contributed by atoms with Crippen LogP contribution >= 0.6 is 0 Å². The molecular weight excluding hydrogens is 348 g/mol. The number of para-hydroxylation sites is 1. The Kier molecular flexibility index (Phi) is 3.90. The van der Waals surface area contributed by atoms with Gasteiger partial charge in [0, 0.05) is 35.6 Å². The summed E-state index contributed by atoms with van der Waals surface area (Å²) in [4.78, 5) is 15.2. The average molecular weight is 368 g/mol. The van der Waals surface area contributed by atoms with Gasteiger partial charge in [-0.3, -0.25) is 0 Å². The third kappa shape index (κ3) is 2.74. The van der Waals surface area contributed by atoms with E-state index in [2.05, 4.69) is 34.6 Å². The molecule has 1 aliphatic carbocycles. The van der Waals surface area contributed by atoms with Crippen LogP contribution in [0.25, 0.3) is 22.0 Å². The second-order valence-corrected chi connectivity index (χ2v) is 7.26. The van der Waals surface area contributed by atoms with Crippen LogP contribution in [0.3, 0.4) is 0 Å². The fourth-order valence-corrected chi connectivity index (χ4v) is 4.20. The molecule has 3 aromatic carbocycles. The Bertz CT molecular complexity index is 1190. The number of hydrogen-bond acceptors (Lipinski definition) is 2. The zero-order chi connectivity index (χ0) is 19.1. The lowest BCUT2D eigenvalue weighted by Crippen LogP contribution is -2.31. The zero-order valence-electron chi connectivity index (χ0n) is 15.3. The molecule has 1 heterocycles. The van der Waals surface area contributed by atoms with E-state index in [-0.39, 0.29) is 0 Å². The summed E-state index contributed by atoms with van der Waals surface area (Å²) in [5.74, 6) is -0.849. The standard InChI is InChI=1S/C24H20N2O2/c27-24(28)23(13-16-14-25-21-10-4-3-8-18(16)21)26-22-11-5-9-19-17-7-2-1-6-15(17)12-20(19)22/h1-11,14,23,25-26H,12-13H2,(H,27,28)/t23-/m0/s1. The third-order valence-electron chi connectivity index (χ3n) is 5.58. The van der Waals surface area contributed by atoms with E-state index in [9.17, 15) is 9.90 Å². The van der Waals surface area contributed by atoms with Gasteiger partial charge in [0.25, 0.3) is 0 Å². The number of carboxylic acid groups (broad SMARTS) is 1. The minimum atomic E-state index is -0.849. The van der Waals surface area contributed by atoms with E-state index in [0.717, 1.165) is 28.6 Å². The fraction of sp³-hybridized carbons (Fsp3) is 0.125. The highest BCUT2D eigenvalue weighted by Crippen LogP contribution is 2.40. The van der Waals surface area contributed by atoms with Crippen molar-refractivity contribution in [2.45, 2.75) is 18.9 Å². The molecule has 0 fully saturated rings. The van der Waals surface area contributed by atoms with Crippen molar-refractivity contribution in [2.75, 3.05) is 5.32 Å². The summed E-state index contributed by atoms with van der Waals surface area (Å²) in [5, 5.41) is 14.2. The monoisotopic (exact) mass is 368 g/mol. The predicted octanol–water partition coefficient (Wildman–Crippen LogP) is 4.85. The second-order valence-electron chi connectivity index (χ2n) is 7.26. The molecule has 4 aromatic rings. The Hall–Kier alpha value is -3.53. The minimum Gasteiger partial charge on any atom is -0.480 e. The second kappa shape index (κ2) is 6.57. The highest BCUT2D eigenvalue weighted by atomic mass is 16.4. The Morgan fingerprint density at radius 1 is 1.00 bits per heavy atom. The van der Waals surface area contributed by atoms with Gasteiger partial charge in [-0.2, -0.15) is 0 Å². The molecule has 3 N–H and O–H groups in total. The molecule has 0 radical (unpaired) electrons. The lowest BCUT2D eigenvalue weighted by atomic mass is 10.0. The zero-order valence-corrected chi connectivity index (χ0v) is 15.3. The molecule has 28 heavy (non-hydrogen) atoms. The Balaban J connectivity index is 1.47. The molecular formula is C24H20N2O2. The molecule has 0 unspecified atom stereocenters. The smallest absolute Gasteiger partial charge is 0.326 e. The van der Waals surface area contributed by atoms with Crippen LogP contribution in [0.1, 0.15) is 16.7 Å². The number of carboxylic acids is 1. The molecule has 0 aliphatic heterocycles. The van der Waals surface area contributed by atoms with Crippen molar-refractivity contribution < 1.29 is 9.90 Å². The van der Waals surface area contributed by atoms with Crippen molar-refractivity contribution in [3.8, 4) is 11.1 Å². The number of rotatable bonds is 5. The highest BCUT2D eigenvalue weighted by molar-refractivity contribution is 5.87. The van der Waals surface area contributed by atoms with Gasteiger partial charge >= 0.3 is 5.97 Å². The van der Waals surface area contributed by atoms with E-state index in [0.29, 0.717) is 6.42 Å². The van der Waals surface area contributed by atoms with Crippen LogP contribution in [0.2, 0.25) is 0 Å². The Labute approximate surface area is 162 Å². The summed E-state index contributed by atoms with van der Waals surface area (Å²) in [6.07, 6.45) is 3.15. The van der Waals surface area contributed by atoms with Gasteiger partial charge in [0.05, 0.1) is 0 Å². The first-order valence-electron chi connectivity index (χ1n) is 9.45. The number of benzene rings is 3. The molecule has 5 rings (SSSR count). The van der Waals surface area contributed by atoms with Gasteiger partial charge in [-0.1, -0.05) is 54.6 Å². The van der Waals surface area contributed by atoms with E-state index >= 15 is 0 Å². The van der Waals surface area contributed by atoms with E-state index in [1.54, 1.807) is 0 Å². The number of fused-ring (bicyclic) bond motifs is 4. The van der Waals surface area contributed by atoms with Crippen molar-refractivity contribution in [1.29, 1.82) is 0 Å². The SMILES string of the molecule is O=C(O)[C@H](Cc1c[nH]c2ccccc12)Nc1cccc2c1Cc1ccccc1-2. The number of hydrogen-bond donors (Lipinski definition) is 3. The molecule has 1 aliphatic rings. The third-order valence-corrected chi connectivity index (χ3v) is 5.58. The maximum Gasteiger partial charge on any atom is 0.326 e. The van der Waals surface area contributed by atoms with E-state index in [4.69, 9.17) is 0 Å². The molecule has 4 nitrogen and oxygen atoms in total. The van der Waals surface area contributed by atoms with Crippen molar-refractivity contribution in [1.82, 2.24) is 4.98 Å². The molecule has 1 atom stereocenters. The van der Waals surface area contributed by atoms with Gasteiger partial charge in [0.2, 0.25) is 0 Å². The van der Waals surface area contributed by atoms with Gasteiger partial charge in [-0.25, -0.2) is 4.79 Å². The van der Waals surface area contributed by atoms with Crippen LogP contribution in [0.5, 0.6) is 0 Å². The van der Waals surface area contributed by atoms with Crippen molar-refractivity contribution >= 4 is 22.6 Å². The highest BCUT2D eigenvalue weighted by Gasteiger charge is 2.24. The fourth-order valence-electron chi connectivity index (χ4n) is 4.20. The number of carbonyl (C=O) groups is 1. The van der Waals surface area contributed by atoms with Gasteiger partial charge in [0.1, 0.15) is 6.04 Å². The predicted molar refractivity (Wildman–Crippen MR) is 112 cm³/mol. The lowest BCUT2D eigenvalue weighted by molar-refractivity contribution is -0.137. The average Bonchev–Trinajstić information content (AvgIpc) is 3.29. The molecule has 0 amide bonds. The Morgan fingerprint density at radius 3 is 2.68 bits per heavy atom. The summed E-state index contributed by atoms with van der Waals surface area (Å²) < 4.78 is 0. The number of aliphatic carboxylic acids is 1.